The van der Waals surface area contributed by atoms with Crippen LogP contribution in [0.15, 0.2) is 47.6 Å². The first-order valence-corrected chi connectivity index (χ1v) is 10.0. The second-order valence-electron chi connectivity index (χ2n) is 7.55. The average molecular weight is 410 g/mol. The number of hydrogen-bond donors (Lipinski definition) is 1. The van der Waals surface area contributed by atoms with Crippen molar-refractivity contribution in [1.29, 1.82) is 0 Å². The zero-order chi connectivity index (χ0) is 21.8. The van der Waals surface area contributed by atoms with Gasteiger partial charge >= 0.3 is 6.03 Å². The maximum absolute atomic E-state index is 13.4. The number of hydrogen-bond acceptors (Lipinski definition) is 3. The van der Waals surface area contributed by atoms with E-state index in [1.165, 1.54) is 27.6 Å². The first kappa shape index (κ1) is 21.5. The summed E-state index contributed by atoms with van der Waals surface area (Å²) in [6, 6.07) is 11.5. The van der Waals surface area contributed by atoms with E-state index in [1.807, 2.05) is 32.9 Å². The van der Waals surface area contributed by atoms with Crippen LogP contribution in [0.2, 0.25) is 0 Å². The molecule has 0 fully saturated rings. The zero-order valence-electron chi connectivity index (χ0n) is 17.8. The van der Waals surface area contributed by atoms with E-state index >= 15 is 0 Å². The molecule has 0 saturated carbocycles. The Bertz CT molecular complexity index is 972. The Labute approximate surface area is 176 Å². The van der Waals surface area contributed by atoms with Crippen molar-refractivity contribution in [2.75, 3.05) is 20.1 Å². The third kappa shape index (κ3) is 4.67. The second kappa shape index (κ2) is 9.07. The third-order valence-electron chi connectivity index (χ3n) is 5.31. The molecule has 0 spiro atoms. The first-order chi connectivity index (χ1) is 14.3. The molecule has 1 heterocycles. The lowest BCUT2D eigenvalue weighted by Crippen LogP contribution is -2.43. The van der Waals surface area contributed by atoms with Crippen LogP contribution in [-0.4, -0.2) is 47.7 Å². The number of nitrogens with zero attached hydrogens (tertiary/aromatic N) is 3. The van der Waals surface area contributed by atoms with E-state index in [-0.39, 0.29) is 30.3 Å². The summed E-state index contributed by atoms with van der Waals surface area (Å²) in [6.07, 6.45) is 0.519. The molecule has 158 valence electrons. The minimum Gasteiger partial charge on any atom is -0.338 e. The van der Waals surface area contributed by atoms with Crippen LogP contribution in [0.5, 0.6) is 0 Å². The van der Waals surface area contributed by atoms with Crippen LogP contribution in [0, 0.1) is 19.7 Å². The second-order valence-corrected chi connectivity index (χ2v) is 7.55. The normalized spacial score (nSPS) is 15.7. The molecule has 6 nitrogen and oxygen atoms in total. The number of halogens is 1. The van der Waals surface area contributed by atoms with Crippen LogP contribution in [0.4, 0.5) is 9.18 Å². The summed E-state index contributed by atoms with van der Waals surface area (Å²) in [5, 5.41) is 8.72. The minimum atomic E-state index is -0.350. The highest BCUT2D eigenvalue weighted by molar-refractivity contribution is 6.03. The molecule has 2 aromatic carbocycles. The summed E-state index contributed by atoms with van der Waals surface area (Å²) >= 11 is 0. The number of rotatable bonds is 5. The number of benzene rings is 2. The van der Waals surface area contributed by atoms with Gasteiger partial charge in [0.25, 0.3) is 5.91 Å². The molecule has 0 aliphatic carbocycles. The Hall–Kier alpha value is -3.22. The van der Waals surface area contributed by atoms with Crippen molar-refractivity contribution < 1.29 is 14.0 Å². The Morgan fingerprint density at radius 1 is 1.17 bits per heavy atom. The molecule has 0 bridgehead atoms. The summed E-state index contributed by atoms with van der Waals surface area (Å²) < 4.78 is 13.4. The molecule has 1 aliphatic heterocycles. The maximum Gasteiger partial charge on any atom is 0.317 e. The molecule has 30 heavy (non-hydrogen) atoms. The molecule has 1 atom stereocenters. The van der Waals surface area contributed by atoms with E-state index < -0.39 is 0 Å². The largest absolute Gasteiger partial charge is 0.338 e. The minimum absolute atomic E-state index is 0.104. The topological polar surface area (TPSA) is 65.0 Å². The average Bonchev–Trinajstić information content (AvgIpc) is 3.16. The van der Waals surface area contributed by atoms with Crippen molar-refractivity contribution in [2.45, 2.75) is 33.2 Å². The molecular weight excluding hydrogens is 383 g/mol. The van der Waals surface area contributed by atoms with Crippen molar-refractivity contribution in [3.8, 4) is 0 Å². The highest BCUT2D eigenvalue weighted by Gasteiger charge is 2.34. The van der Waals surface area contributed by atoms with Gasteiger partial charge in [0.1, 0.15) is 12.4 Å². The van der Waals surface area contributed by atoms with E-state index in [1.54, 1.807) is 19.2 Å². The molecule has 0 saturated heterocycles. The van der Waals surface area contributed by atoms with Gasteiger partial charge < -0.3 is 10.2 Å². The van der Waals surface area contributed by atoms with Crippen LogP contribution >= 0.6 is 0 Å². The Kier molecular flexibility index (Phi) is 6.50. The standard InChI is InChI=1S/C23H27FN4O2/c1-5-25-23(30)27(4)14-22(29)28-21(17-8-10-19(24)11-9-17)13-20(26-28)18-7-6-15(2)16(3)12-18/h6-12,21H,5,13-14H2,1-4H3,(H,25,30)/t21-/m0/s1. The van der Waals surface area contributed by atoms with Gasteiger partial charge in [-0.25, -0.2) is 14.2 Å². The predicted molar refractivity (Wildman–Crippen MR) is 115 cm³/mol. The first-order valence-electron chi connectivity index (χ1n) is 10.0. The highest BCUT2D eigenvalue weighted by Crippen LogP contribution is 2.33. The molecule has 0 radical (unpaired) electrons. The maximum atomic E-state index is 13.4. The number of amides is 3. The summed E-state index contributed by atoms with van der Waals surface area (Å²) in [6.45, 7) is 6.28. The Balaban J connectivity index is 1.90. The van der Waals surface area contributed by atoms with Gasteiger partial charge in [0.15, 0.2) is 0 Å². The molecule has 1 aliphatic rings. The smallest absolute Gasteiger partial charge is 0.317 e. The molecule has 0 aromatic heterocycles. The summed E-state index contributed by atoms with van der Waals surface area (Å²) in [5.74, 6) is -0.627. The Morgan fingerprint density at radius 3 is 2.50 bits per heavy atom. The molecule has 3 amide bonds. The lowest BCUT2D eigenvalue weighted by Gasteiger charge is -2.25. The fourth-order valence-electron chi connectivity index (χ4n) is 3.41. The van der Waals surface area contributed by atoms with Crippen molar-refractivity contribution in [3.05, 3.63) is 70.5 Å². The fraction of sp³-hybridized carbons (Fsp3) is 0.348. The number of carbonyl (C=O) groups excluding carboxylic acids is 2. The number of nitrogens with one attached hydrogen (secondary N) is 1. The van der Waals surface area contributed by atoms with E-state index in [9.17, 15) is 14.0 Å². The fourth-order valence-corrected chi connectivity index (χ4v) is 3.41. The van der Waals surface area contributed by atoms with Gasteiger partial charge in [0.2, 0.25) is 0 Å². The predicted octanol–water partition coefficient (Wildman–Crippen LogP) is 3.78. The molecule has 2 aromatic rings. The van der Waals surface area contributed by atoms with Crippen LogP contribution in [0.1, 0.15) is 41.6 Å². The lowest BCUT2D eigenvalue weighted by atomic mass is 9.96. The number of aryl methyl sites for hydroxylation is 2. The van der Waals surface area contributed by atoms with Gasteiger partial charge in [-0.1, -0.05) is 24.3 Å². The summed E-state index contributed by atoms with van der Waals surface area (Å²) in [5.41, 5.74) is 4.88. The molecule has 1 N–H and O–H groups in total. The van der Waals surface area contributed by atoms with Crippen LogP contribution < -0.4 is 5.32 Å². The van der Waals surface area contributed by atoms with E-state index in [2.05, 4.69) is 16.5 Å². The molecule has 3 rings (SSSR count). The van der Waals surface area contributed by atoms with Gasteiger partial charge in [0.05, 0.1) is 11.8 Å². The van der Waals surface area contributed by atoms with E-state index in [0.717, 1.165) is 22.4 Å². The van der Waals surface area contributed by atoms with Crippen LogP contribution in [-0.2, 0) is 4.79 Å². The van der Waals surface area contributed by atoms with Crippen molar-refractivity contribution in [1.82, 2.24) is 15.2 Å². The van der Waals surface area contributed by atoms with Gasteiger partial charge in [-0.05, 0) is 61.2 Å². The van der Waals surface area contributed by atoms with Gasteiger partial charge in [0, 0.05) is 20.0 Å². The van der Waals surface area contributed by atoms with Crippen molar-refractivity contribution >= 4 is 17.6 Å². The summed E-state index contributed by atoms with van der Waals surface area (Å²) in [4.78, 5) is 26.4. The quantitative estimate of drug-likeness (QED) is 0.815. The molecular formula is C23H27FN4O2. The zero-order valence-corrected chi connectivity index (χ0v) is 17.8. The van der Waals surface area contributed by atoms with Gasteiger partial charge in [-0.3, -0.25) is 4.79 Å². The number of likely N-dealkylation sites (N-methyl/N-ethyl adjacent to an activating group) is 1. The van der Waals surface area contributed by atoms with Crippen LogP contribution in [0.25, 0.3) is 0 Å². The highest BCUT2D eigenvalue weighted by atomic mass is 19.1. The lowest BCUT2D eigenvalue weighted by molar-refractivity contribution is -0.133. The van der Waals surface area contributed by atoms with Crippen molar-refractivity contribution in [3.63, 3.8) is 0 Å². The Morgan fingerprint density at radius 2 is 1.87 bits per heavy atom. The SMILES string of the molecule is CCNC(=O)N(C)CC(=O)N1N=C(c2ccc(C)c(C)c2)C[C@H]1c1ccc(F)cc1. The number of carbonyl (C=O) groups is 2. The number of urea groups is 1. The molecule has 7 heteroatoms. The van der Waals surface area contributed by atoms with Crippen LogP contribution in [0.3, 0.4) is 0 Å². The molecule has 0 unspecified atom stereocenters. The van der Waals surface area contributed by atoms with E-state index in [4.69, 9.17) is 0 Å². The number of hydrazone groups is 1. The monoisotopic (exact) mass is 410 g/mol. The van der Waals surface area contributed by atoms with Crippen molar-refractivity contribution in [2.24, 2.45) is 5.10 Å². The third-order valence-corrected chi connectivity index (χ3v) is 5.31. The van der Waals surface area contributed by atoms with Gasteiger partial charge in [-0.2, -0.15) is 5.10 Å². The van der Waals surface area contributed by atoms with Gasteiger partial charge in [-0.15, -0.1) is 0 Å². The summed E-state index contributed by atoms with van der Waals surface area (Å²) in [7, 11) is 1.57. The van der Waals surface area contributed by atoms with E-state index in [0.29, 0.717) is 13.0 Å².